The van der Waals surface area contributed by atoms with Crippen molar-refractivity contribution < 1.29 is 14.7 Å². The standard InChI is InChI=1S/C15H15NO3/c1-11(17)13-6-7-16(9-13)10-14-5-3-2-4-12(14)8-15(18)19/h2-7,9H,8,10H2,1H3,(H,18,19). The zero-order valence-electron chi connectivity index (χ0n) is 10.7. The maximum atomic E-state index is 11.2. The Morgan fingerprint density at radius 3 is 2.42 bits per heavy atom. The molecule has 98 valence electrons. The van der Waals surface area contributed by atoms with Crippen molar-refractivity contribution in [2.45, 2.75) is 19.9 Å². The van der Waals surface area contributed by atoms with Crippen LogP contribution >= 0.6 is 0 Å². The van der Waals surface area contributed by atoms with Gasteiger partial charge in [0.1, 0.15) is 0 Å². The number of carboxylic acids is 1. The van der Waals surface area contributed by atoms with Gasteiger partial charge in [-0.3, -0.25) is 9.59 Å². The summed E-state index contributed by atoms with van der Waals surface area (Å²) in [5.41, 5.74) is 2.42. The zero-order chi connectivity index (χ0) is 13.8. The molecule has 2 aromatic rings. The molecule has 1 N–H and O–H groups in total. The lowest BCUT2D eigenvalue weighted by Crippen LogP contribution is -2.06. The minimum Gasteiger partial charge on any atom is -0.481 e. The van der Waals surface area contributed by atoms with E-state index >= 15 is 0 Å². The second-order valence-electron chi connectivity index (χ2n) is 4.47. The van der Waals surface area contributed by atoms with E-state index in [9.17, 15) is 9.59 Å². The van der Waals surface area contributed by atoms with Crippen molar-refractivity contribution in [1.29, 1.82) is 0 Å². The molecule has 4 heteroatoms. The predicted molar refractivity (Wildman–Crippen MR) is 71.3 cm³/mol. The largest absolute Gasteiger partial charge is 0.481 e. The van der Waals surface area contributed by atoms with Crippen molar-refractivity contribution >= 4 is 11.8 Å². The third-order valence-electron chi connectivity index (χ3n) is 2.97. The van der Waals surface area contributed by atoms with E-state index in [1.807, 2.05) is 35.0 Å². The highest BCUT2D eigenvalue weighted by atomic mass is 16.4. The van der Waals surface area contributed by atoms with Crippen LogP contribution in [0.3, 0.4) is 0 Å². The molecule has 1 aromatic heterocycles. The van der Waals surface area contributed by atoms with E-state index in [-0.39, 0.29) is 12.2 Å². The third-order valence-corrected chi connectivity index (χ3v) is 2.97. The van der Waals surface area contributed by atoms with Gasteiger partial charge in [-0.15, -0.1) is 0 Å². The number of aromatic nitrogens is 1. The highest BCUT2D eigenvalue weighted by Gasteiger charge is 2.07. The number of carboxylic acid groups (broad SMARTS) is 1. The van der Waals surface area contributed by atoms with Gasteiger partial charge in [-0.2, -0.15) is 0 Å². The monoisotopic (exact) mass is 257 g/mol. The van der Waals surface area contributed by atoms with E-state index in [1.54, 1.807) is 12.3 Å². The molecular formula is C15H15NO3. The summed E-state index contributed by atoms with van der Waals surface area (Å²) in [6, 6.07) is 9.21. The number of ketones is 1. The Bertz CT molecular complexity index is 613. The average molecular weight is 257 g/mol. The molecule has 0 bridgehead atoms. The maximum absolute atomic E-state index is 11.2. The Balaban J connectivity index is 2.22. The molecule has 0 unspecified atom stereocenters. The van der Waals surface area contributed by atoms with Crippen LogP contribution in [0.15, 0.2) is 42.7 Å². The number of rotatable bonds is 5. The smallest absolute Gasteiger partial charge is 0.307 e. The van der Waals surface area contributed by atoms with Gasteiger partial charge in [0.05, 0.1) is 6.42 Å². The van der Waals surface area contributed by atoms with Gasteiger partial charge in [0.2, 0.25) is 0 Å². The molecular weight excluding hydrogens is 242 g/mol. The normalized spacial score (nSPS) is 10.4. The molecule has 0 aliphatic heterocycles. The van der Waals surface area contributed by atoms with E-state index in [4.69, 9.17) is 5.11 Å². The molecule has 0 radical (unpaired) electrons. The van der Waals surface area contributed by atoms with Gasteiger partial charge in [0.15, 0.2) is 5.78 Å². The Morgan fingerprint density at radius 1 is 1.16 bits per heavy atom. The topological polar surface area (TPSA) is 59.3 Å². The van der Waals surface area contributed by atoms with Crippen LogP contribution < -0.4 is 0 Å². The lowest BCUT2D eigenvalue weighted by Gasteiger charge is -2.08. The first-order valence-electron chi connectivity index (χ1n) is 6.01. The lowest BCUT2D eigenvalue weighted by molar-refractivity contribution is -0.136. The van der Waals surface area contributed by atoms with Crippen molar-refractivity contribution in [3.05, 3.63) is 59.4 Å². The van der Waals surface area contributed by atoms with Crippen molar-refractivity contribution in [2.75, 3.05) is 0 Å². The second-order valence-corrected chi connectivity index (χ2v) is 4.47. The zero-order valence-corrected chi connectivity index (χ0v) is 10.7. The minimum atomic E-state index is -0.843. The fourth-order valence-corrected chi connectivity index (χ4v) is 1.99. The first kappa shape index (κ1) is 13.1. The number of carbonyl (C=O) groups excluding carboxylic acids is 1. The van der Waals surface area contributed by atoms with E-state index in [2.05, 4.69) is 0 Å². The molecule has 0 saturated carbocycles. The van der Waals surface area contributed by atoms with Crippen LogP contribution in [0.5, 0.6) is 0 Å². The summed E-state index contributed by atoms with van der Waals surface area (Å²) in [6.45, 7) is 2.09. The van der Waals surface area contributed by atoms with Crippen LogP contribution in [0.2, 0.25) is 0 Å². The Morgan fingerprint density at radius 2 is 1.84 bits per heavy atom. The predicted octanol–water partition coefficient (Wildman–Crippen LogP) is 2.37. The van der Waals surface area contributed by atoms with E-state index in [0.29, 0.717) is 12.1 Å². The summed E-state index contributed by atoms with van der Waals surface area (Å²) < 4.78 is 1.89. The summed E-state index contributed by atoms with van der Waals surface area (Å²) in [4.78, 5) is 22.0. The molecule has 1 heterocycles. The van der Waals surface area contributed by atoms with E-state index in [1.165, 1.54) is 6.92 Å². The van der Waals surface area contributed by atoms with Crippen LogP contribution in [-0.4, -0.2) is 21.4 Å². The van der Waals surface area contributed by atoms with Crippen LogP contribution in [-0.2, 0) is 17.8 Å². The van der Waals surface area contributed by atoms with Gasteiger partial charge in [-0.05, 0) is 24.1 Å². The molecule has 4 nitrogen and oxygen atoms in total. The number of hydrogen-bond acceptors (Lipinski definition) is 2. The third kappa shape index (κ3) is 3.31. The summed E-state index contributed by atoms with van der Waals surface area (Å²) in [5, 5.41) is 8.88. The van der Waals surface area contributed by atoms with Crippen molar-refractivity contribution in [2.24, 2.45) is 0 Å². The second kappa shape index (κ2) is 5.52. The minimum absolute atomic E-state index is 0.0109. The first-order valence-corrected chi connectivity index (χ1v) is 6.01. The molecule has 0 amide bonds. The van der Waals surface area contributed by atoms with Crippen molar-refractivity contribution in [1.82, 2.24) is 4.57 Å². The van der Waals surface area contributed by atoms with Crippen LogP contribution in [0, 0.1) is 0 Å². The lowest BCUT2D eigenvalue weighted by atomic mass is 10.0. The van der Waals surface area contributed by atoms with Gasteiger partial charge in [0, 0.05) is 24.5 Å². The maximum Gasteiger partial charge on any atom is 0.307 e. The Kier molecular flexibility index (Phi) is 3.80. The van der Waals surface area contributed by atoms with Gasteiger partial charge in [-0.1, -0.05) is 24.3 Å². The number of aliphatic carboxylic acids is 1. The summed E-state index contributed by atoms with van der Waals surface area (Å²) in [6.07, 6.45) is 3.62. The number of nitrogens with zero attached hydrogens (tertiary/aromatic N) is 1. The molecule has 2 rings (SSSR count). The van der Waals surface area contributed by atoms with Crippen LogP contribution in [0.25, 0.3) is 0 Å². The van der Waals surface area contributed by atoms with Gasteiger partial charge in [0.25, 0.3) is 0 Å². The highest BCUT2D eigenvalue weighted by molar-refractivity contribution is 5.93. The number of benzene rings is 1. The number of carbonyl (C=O) groups is 2. The Hall–Kier alpha value is -2.36. The highest BCUT2D eigenvalue weighted by Crippen LogP contribution is 2.13. The number of Topliss-reactive ketones (excluding diaryl/α,β-unsaturated/α-hetero) is 1. The molecule has 0 aliphatic carbocycles. The van der Waals surface area contributed by atoms with E-state index < -0.39 is 5.97 Å². The molecule has 1 aromatic carbocycles. The molecule has 0 atom stereocenters. The quantitative estimate of drug-likeness (QED) is 0.836. The Labute approximate surface area is 111 Å². The first-order chi connectivity index (χ1) is 9.06. The summed E-state index contributed by atoms with van der Waals surface area (Å²) in [7, 11) is 0. The van der Waals surface area contributed by atoms with Crippen LogP contribution in [0.4, 0.5) is 0 Å². The molecule has 0 aliphatic rings. The van der Waals surface area contributed by atoms with E-state index in [0.717, 1.165) is 11.1 Å². The fraction of sp³-hybridized carbons (Fsp3) is 0.200. The van der Waals surface area contributed by atoms with Gasteiger partial charge < -0.3 is 9.67 Å². The molecule has 0 saturated heterocycles. The average Bonchev–Trinajstić information content (AvgIpc) is 2.80. The van der Waals surface area contributed by atoms with Crippen molar-refractivity contribution in [3.8, 4) is 0 Å². The molecule has 0 fully saturated rings. The van der Waals surface area contributed by atoms with Gasteiger partial charge in [-0.25, -0.2) is 0 Å². The fourth-order valence-electron chi connectivity index (χ4n) is 1.99. The SMILES string of the molecule is CC(=O)c1ccn(Cc2ccccc2CC(=O)O)c1. The molecule has 0 spiro atoms. The molecule has 19 heavy (non-hydrogen) atoms. The summed E-state index contributed by atoms with van der Waals surface area (Å²) in [5.74, 6) is -0.818. The number of hydrogen-bond donors (Lipinski definition) is 1. The van der Waals surface area contributed by atoms with Crippen molar-refractivity contribution in [3.63, 3.8) is 0 Å². The van der Waals surface area contributed by atoms with Gasteiger partial charge >= 0.3 is 5.97 Å². The van der Waals surface area contributed by atoms with Crippen LogP contribution in [0.1, 0.15) is 28.4 Å². The summed E-state index contributed by atoms with van der Waals surface area (Å²) >= 11 is 0.